The minimum Gasteiger partial charge on any atom is -0.307 e. The zero-order valence-electron chi connectivity index (χ0n) is 11.9. The molecule has 5 nitrogen and oxygen atoms in total. The van der Waals surface area contributed by atoms with Gasteiger partial charge in [-0.15, -0.1) is 0 Å². The Labute approximate surface area is 120 Å². The summed E-state index contributed by atoms with van der Waals surface area (Å²) in [6.45, 7) is 2.64. The molecule has 1 aromatic carbocycles. The molecule has 1 saturated heterocycles. The quantitative estimate of drug-likeness (QED) is 0.504. The van der Waals surface area contributed by atoms with Gasteiger partial charge in [0.2, 0.25) is 0 Å². The van der Waals surface area contributed by atoms with Gasteiger partial charge in [-0.3, -0.25) is 10.2 Å². The van der Waals surface area contributed by atoms with Gasteiger partial charge in [0, 0.05) is 11.8 Å². The molecular formula is C15H22N4O. The minimum absolute atomic E-state index is 0.546. The second-order valence-corrected chi connectivity index (χ2v) is 4.63. The summed E-state index contributed by atoms with van der Waals surface area (Å²) in [7, 11) is 2.19. The SMILES string of the molecule is CN1CCCCC1.N=C/C=N\Nc1ccccc1C=O. The number of hydrogen-bond donors (Lipinski definition) is 2. The molecule has 1 aliphatic rings. The number of hydrazone groups is 1. The number of nitrogens with zero attached hydrogens (tertiary/aromatic N) is 2. The summed E-state index contributed by atoms with van der Waals surface area (Å²) in [5, 5.41) is 10.4. The predicted octanol–water partition coefficient (Wildman–Crippen LogP) is 2.65. The first-order chi connectivity index (χ1) is 9.77. The van der Waals surface area contributed by atoms with E-state index < -0.39 is 0 Å². The van der Waals surface area contributed by atoms with E-state index in [0.29, 0.717) is 11.3 Å². The van der Waals surface area contributed by atoms with Crippen LogP contribution in [0.15, 0.2) is 29.4 Å². The number of anilines is 1. The molecule has 0 amide bonds. The van der Waals surface area contributed by atoms with Crippen LogP contribution in [0, 0.1) is 5.41 Å². The van der Waals surface area contributed by atoms with Crippen molar-refractivity contribution in [3.05, 3.63) is 29.8 Å². The lowest BCUT2D eigenvalue weighted by Gasteiger charge is -2.20. The first-order valence-electron chi connectivity index (χ1n) is 6.79. The van der Waals surface area contributed by atoms with Crippen LogP contribution in [0.25, 0.3) is 0 Å². The van der Waals surface area contributed by atoms with Gasteiger partial charge in [-0.1, -0.05) is 18.6 Å². The summed E-state index contributed by atoms with van der Waals surface area (Å²) < 4.78 is 0. The topological polar surface area (TPSA) is 68.6 Å². The highest BCUT2D eigenvalue weighted by Gasteiger charge is 2.02. The van der Waals surface area contributed by atoms with Gasteiger partial charge in [-0.2, -0.15) is 5.10 Å². The maximum Gasteiger partial charge on any atom is 0.152 e. The van der Waals surface area contributed by atoms with Crippen LogP contribution in [-0.4, -0.2) is 43.8 Å². The standard InChI is InChI=1S/C9H9N3O.C6H13N/c10-5-6-11-12-9-4-2-1-3-8(9)7-13;1-7-5-3-2-4-6-7/h1-7,10,12H;2-6H2,1H3/b10-5?,11-6-;. The third-order valence-corrected chi connectivity index (χ3v) is 3.00. The van der Waals surface area contributed by atoms with Crippen molar-refractivity contribution in [2.24, 2.45) is 5.10 Å². The molecule has 1 heterocycles. The largest absolute Gasteiger partial charge is 0.307 e. The van der Waals surface area contributed by atoms with Gasteiger partial charge in [-0.05, 0) is 45.1 Å². The molecule has 0 bridgehead atoms. The molecule has 108 valence electrons. The first-order valence-corrected chi connectivity index (χ1v) is 6.79. The number of hydrogen-bond acceptors (Lipinski definition) is 5. The van der Waals surface area contributed by atoms with Crippen LogP contribution >= 0.6 is 0 Å². The van der Waals surface area contributed by atoms with Gasteiger partial charge in [0.25, 0.3) is 0 Å². The van der Waals surface area contributed by atoms with E-state index in [1.165, 1.54) is 38.6 Å². The number of likely N-dealkylation sites (tertiary alicyclic amines) is 1. The molecule has 0 atom stereocenters. The summed E-state index contributed by atoms with van der Waals surface area (Å²) in [6, 6.07) is 7.00. The zero-order chi connectivity index (χ0) is 14.6. The van der Waals surface area contributed by atoms with Crippen molar-refractivity contribution in [2.45, 2.75) is 19.3 Å². The number of rotatable bonds is 4. The van der Waals surface area contributed by atoms with Gasteiger partial charge < -0.3 is 10.3 Å². The monoisotopic (exact) mass is 274 g/mol. The number of para-hydroxylation sites is 1. The molecule has 0 aromatic heterocycles. The Bertz CT molecular complexity index is 439. The van der Waals surface area contributed by atoms with Crippen LogP contribution in [0.2, 0.25) is 0 Å². The van der Waals surface area contributed by atoms with E-state index in [-0.39, 0.29) is 0 Å². The summed E-state index contributed by atoms with van der Waals surface area (Å²) in [6.07, 6.45) is 7.37. The Morgan fingerprint density at radius 3 is 2.50 bits per heavy atom. The average Bonchev–Trinajstić information content (AvgIpc) is 2.49. The Kier molecular flexibility index (Phi) is 7.91. The van der Waals surface area contributed by atoms with Crippen molar-refractivity contribution in [1.29, 1.82) is 5.41 Å². The van der Waals surface area contributed by atoms with E-state index in [1.54, 1.807) is 24.3 Å². The fourth-order valence-corrected chi connectivity index (χ4v) is 1.90. The molecule has 0 saturated carbocycles. The second-order valence-electron chi connectivity index (χ2n) is 4.63. The normalized spacial score (nSPS) is 15.2. The second kappa shape index (κ2) is 9.86. The smallest absolute Gasteiger partial charge is 0.152 e. The zero-order valence-corrected chi connectivity index (χ0v) is 11.9. The van der Waals surface area contributed by atoms with Gasteiger partial charge in [0.1, 0.15) is 0 Å². The van der Waals surface area contributed by atoms with Crippen molar-refractivity contribution in [2.75, 3.05) is 25.6 Å². The molecule has 2 rings (SSSR count). The fraction of sp³-hybridized carbons (Fsp3) is 0.400. The van der Waals surface area contributed by atoms with Crippen molar-refractivity contribution < 1.29 is 4.79 Å². The highest BCUT2D eigenvalue weighted by Crippen LogP contribution is 2.11. The van der Waals surface area contributed by atoms with Gasteiger partial charge in [-0.25, -0.2) is 0 Å². The highest BCUT2D eigenvalue weighted by molar-refractivity contribution is 6.14. The third-order valence-electron chi connectivity index (χ3n) is 3.00. The number of carbonyl (C=O) groups excluding carboxylic acids is 1. The Hall–Kier alpha value is -2.01. The molecule has 0 radical (unpaired) electrons. The Morgan fingerprint density at radius 2 is 1.95 bits per heavy atom. The van der Waals surface area contributed by atoms with Crippen molar-refractivity contribution >= 4 is 24.4 Å². The molecule has 0 spiro atoms. The van der Waals surface area contributed by atoms with Crippen LogP contribution < -0.4 is 5.43 Å². The Balaban J connectivity index is 0.000000240. The average molecular weight is 274 g/mol. The maximum absolute atomic E-state index is 10.5. The van der Waals surface area contributed by atoms with E-state index in [0.717, 1.165) is 12.5 Å². The summed E-state index contributed by atoms with van der Waals surface area (Å²) in [5.74, 6) is 0. The van der Waals surface area contributed by atoms with Gasteiger partial charge >= 0.3 is 0 Å². The first kappa shape index (κ1) is 16.0. The lowest BCUT2D eigenvalue weighted by molar-refractivity contribution is 0.112. The number of piperidine rings is 1. The van der Waals surface area contributed by atoms with Crippen LogP contribution in [0.5, 0.6) is 0 Å². The number of benzene rings is 1. The van der Waals surface area contributed by atoms with Gasteiger partial charge in [0.15, 0.2) is 6.29 Å². The molecule has 0 unspecified atom stereocenters. The summed E-state index contributed by atoms with van der Waals surface area (Å²) in [4.78, 5) is 12.9. The van der Waals surface area contributed by atoms with Crippen LogP contribution in [-0.2, 0) is 0 Å². The van der Waals surface area contributed by atoms with Crippen molar-refractivity contribution in [1.82, 2.24) is 4.90 Å². The van der Waals surface area contributed by atoms with E-state index in [2.05, 4.69) is 22.5 Å². The van der Waals surface area contributed by atoms with E-state index in [4.69, 9.17) is 5.41 Å². The van der Waals surface area contributed by atoms with Crippen LogP contribution in [0.4, 0.5) is 5.69 Å². The van der Waals surface area contributed by atoms with E-state index in [9.17, 15) is 4.79 Å². The number of carbonyl (C=O) groups is 1. The summed E-state index contributed by atoms with van der Waals surface area (Å²) >= 11 is 0. The number of aldehydes is 1. The Morgan fingerprint density at radius 1 is 1.25 bits per heavy atom. The molecule has 1 aliphatic heterocycles. The van der Waals surface area contributed by atoms with E-state index in [1.807, 2.05) is 0 Å². The van der Waals surface area contributed by atoms with E-state index >= 15 is 0 Å². The molecule has 0 aliphatic carbocycles. The molecular weight excluding hydrogens is 252 g/mol. The molecule has 1 aromatic rings. The lowest BCUT2D eigenvalue weighted by Crippen LogP contribution is -2.24. The predicted molar refractivity (Wildman–Crippen MR) is 84.1 cm³/mol. The minimum atomic E-state index is 0.546. The lowest BCUT2D eigenvalue weighted by atomic mass is 10.1. The fourth-order valence-electron chi connectivity index (χ4n) is 1.90. The van der Waals surface area contributed by atoms with Crippen molar-refractivity contribution in [3.8, 4) is 0 Å². The summed E-state index contributed by atoms with van der Waals surface area (Å²) in [5.41, 5.74) is 3.83. The van der Waals surface area contributed by atoms with Crippen LogP contribution in [0.3, 0.4) is 0 Å². The maximum atomic E-state index is 10.5. The molecule has 1 fully saturated rings. The van der Waals surface area contributed by atoms with Crippen molar-refractivity contribution in [3.63, 3.8) is 0 Å². The third kappa shape index (κ3) is 6.24. The highest BCUT2D eigenvalue weighted by atomic mass is 16.1. The molecule has 20 heavy (non-hydrogen) atoms. The molecule has 2 N–H and O–H groups in total. The molecule has 5 heteroatoms. The van der Waals surface area contributed by atoms with Gasteiger partial charge in [0.05, 0.1) is 11.9 Å². The van der Waals surface area contributed by atoms with Crippen LogP contribution in [0.1, 0.15) is 29.6 Å². The number of nitrogens with one attached hydrogen (secondary N) is 2.